The Bertz CT molecular complexity index is 207. The Morgan fingerprint density at radius 1 is 1.38 bits per heavy atom. The summed E-state index contributed by atoms with van der Waals surface area (Å²) in [6, 6.07) is 6.29. The average molecular weight is 266 g/mol. The van der Waals surface area contributed by atoms with Gasteiger partial charge in [-0.2, -0.15) is 0 Å². The van der Waals surface area contributed by atoms with E-state index in [1.54, 1.807) is 6.20 Å². The zero-order valence-electron chi connectivity index (χ0n) is 7.42. The van der Waals surface area contributed by atoms with Crippen molar-refractivity contribution in [1.29, 1.82) is 0 Å². The van der Waals surface area contributed by atoms with Crippen molar-refractivity contribution < 1.29 is 12.9 Å². The normalized spacial score (nSPS) is 9.31. The molecule has 0 radical (unpaired) electrons. The molecule has 0 atom stereocenters. The van der Waals surface area contributed by atoms with Crippen molar-refractivity contribution >= 4 is 26.1 Å². The number of halogens is 2. The molecule has 0 fully saturated rings. The molecule has 0 aromatic carbocycles. The van der Waals surface area contributed by atoms with Gasteiger partial charge in [-0.25, -0.2) is 4.98 Å². The second-order valence-corrected chi connectivity index (χ2v) is 4.28. The molecule has 0 unspecified atom stereocenters. The molecule has 0 bridgehead atoms. The Morgan fingerprint density at radius 3 is 2.38 bits per heavy atom. The monoisotopic (exact) mass is 265 g/mol. The van der Waals surface area contributed by atoms with Crippen LogP contribution in [-0.4, -0.2) is 11.0 Å². The van der Waals surface area contributed by atoms with Gasteiger partial charge < -0.3 is 5.32 Å². The molecule has 5 heteroatoms. The summed E-state index contributed by atoms with van der Waals surface area (Å²) in [6.07, 6.45) is 1.78. The van der Waals surface area contributed by atoms with Gasteiger partial charge in [0.25, 0.3) is 0 Å². The average Bonchev–Trinajstić information content (AvgIpc) is 2.06. The molecule has 0 aliphatic rings. The molecule has 0 saturated carbocycles. The van der Waals surface area contributed by atoms with Crippen molar-refractivity contribution in [2.45, 2.75) is 19.9 Å². The summed E-state index contributed by atoms with van der Waals surface area (Å²) in [7, 11) is 9.47. The van der Waals surface area contributed by atoms with Crippen LogP contribution in [0.3, 0.4) is 0 Å². The van der Waals surface area contributed by atoms with E-state index < -0.39 is 0 Å². The fourth-order valence-electron chi connectivity index (χ4n) is 0.744. The zero-order chi connectivity index (χ0) is 10.1. The Hall–Kier alpha value is 0.0365. The van der Waals surface area contributed by atoms with Crippen LogP contribution in [0.1, 0.15) is 13.8 Å². The van der Waals surface area contributed by atoms with Crippen molar-refractivity contribution in [3.05, 3.63) is 24.4 Å². The SMILES string of the molecule is CC(C)Nc1ccccn1.[Cl][Co][Cl]. The van der Waals surface area contributed by atoms with Crippen molar-refractivity contribution in [3.63, 3.8) is 0 Å². The van der Waals surface area contributed by atoms with Crippen molar-refractivity contribution in [1.82, 2.24) is 4.98 Å². The summed E-state index contributed by atoms with van der Waals surface area (Å²) in [6.45, 7) is 4.18. The summed E-state index contributed by atoms with van der Waals surface area (Å²) in [5.41, 5.74) is 0. The third-order valence-corrected chi connectivity index (χ3v) is 1.10. The van der Waals surface area contributed by atoms with Crippen LogP contribution in [0.2, 0.25) is 0 Å². The third-order valence-electron chi connectivity index (χ3n) is 1.10. The molecule has 2 nitrogen and oxygen atoms in total. The molecule has 0 aliphatic heterocycles. The van der Waals surface area contributed by atoms with E-state index in [0.717, 1.165) is 5.82 Å². The minimum atomic E-state index is 0.382. The number of anilines is 1. The molecular formula is C8H12Cl2CoN2. The summed E-state index contributed by atoms with van der Waals surface area (Å²) in [4.78, 5) is 4.11. The molecule has 1 heterocycles. The van der Waals surface area contributed by atoms with Crippen LogP contribution in [0, 0.1) is 0 Å². The van der Waals surface area contributed by atoms with E-state index >= 15 is 0 Å². The van der Waals surface area contributed by atoms with Gasteiger partial charge in [0.05, 0.1) is 0 Å². The van der Waals surface area contributed by atoms with Gasteiger partial charge in [0.2, 0.25) is 0 Å². The topological polar surface area (TPSA) is 24.9 Å². The Balaban J connectivity index is 0.000000424. The van der Waals surface area contributed by atoms with Crippen molar-refractivity contribution in [2.75, 3.05) is 5.32 Å². The fourth-order valence-corrected chi connectivity index (χ4v) is 0.744. The van der Waals surface area contributed by atoms with E-state index in [9.17, 15) is 0 Å². The molecule has 1 rings (SSSR count). The van der Waals surface area contributed by atoms with E-state index in [2.05, 4.69) is 24.1 Å². The van der Waals surface area contributed by atoms with E-state index in [1.165, 1.54) is 0 Å². The first-order chi connectivity index (χ1) is 6.20. The van der Waals surface area contributed by atoms with E-state index in [1.807, 2.05) is 18.2 Å². The standard InChI is InChI=1S/C8H12N2.2ClH.Co/c1-7(2)10-8-5-3-4-6-9-8;;;/h3-7H,1-2H3,(H,9,10);2*1H;/q;;;+2/p-2. The zero-order valence-corrected chi connectivity index (χ0v) is 9.98. The van der Waals surface area contributed by atoms with Crippen LogP contribution in [0.5, 0.6) is 0 Å². The van der Waals surface area contributed by atoms with Gasteiger partial charge in [0, 0.05) is 12.2 Å². The van der Waals surface area contributed by atoms with Crippen LogP contribution in [0.4, 0.5) is 5.82 Å². The molecule has 1 N–H and O–H groups in total. The molecule has 0 spiro atoms. The maximum absolute atomic E-state index is 4.73. The van der Waals surface area contributed by atoms with Gasteiger partial charge in [0.15, 0.2) is 0 Å². The first-order valence-electron chi connectivity index (χ1n) is 3.72. The van der Waals surface area contributed by atoms with E-state index in [0.29, 0.717) is 18.9 Å². The number of pyridine rings is 1. The van der Waals surface area contributed by atoms with E-state index in [4.69, 9.17) is 20.3 Å². The van der Waals surface area contributed by atoms with Crippen LogP contribution < -0.4 is 5.32 Å². The quantitative estimate of drug-likeness (QED) is 0.888. The predicted molar refractivity (Wildman–Crippen MR) is 54.7 cm³/mol. The van der Waals surface area contributed by atoms with E-state index in [-0.39, 0.29) is 0 Å². The third kappa shape index (κ3) is 8.37. The Morgan fingerprint density at radius 2 is 2.00 bits per heavy atom. The van der Waals surface area contributed by atoms with Crippen LogP contribution in [0.25, 0.3) is 0 Å². The minimum absolute atomic E-state index is 0.382. The van der Waals surface area contributed by atoms with Gasteiger partial charge in [-0.3, -0.25) is 0 Å². The molecule has 0 saturated heterocycles. The Labute approximate surface area is 93.5 Å². The first-order valence-corrected chi connectivity index (χ1v) is 6.58. The number of nitrogens with one attached hydrogen (secondary N) is 1. The molecule has 1 aromatic rings. The molecular weight excluding hydrogens is 254 g/mol. The first kappa shape index (κ1) is 13.0. The van der Waals surface area contributed by atoms with Crippen molar-refractivity contribution in [2.24, 2.45) is 0 Å². The molecule has 13 heavy (non-hydrogen) atoms. The van der Waals surface area contributed by atoms with Crippen molar-refractivity contribution in [3.8, 4) is 0 Å². The Kier molecular flexibility index (Phi) is 8.65. The van der Waals surface area contributed by atoms with Crippen LogP contribution >= 0.6 is 20.3 Å². The van der Waals surface area contributed by atoms with Gasteiger partial charge in [-0.15, -0.1) is 0 Å². The second-order valence-electron chi connectivity index (χ2n) is 2.56. The van der Waals surface area contributed by atoms with Gasteiger partial charge >= 0.3 is 33.2 Å². The number of nitrogens with zero attached hydrogens (tertiary/aromatic N) is 1. The molecule has 1 aromatic heterocycles. The summed E-state index contributed by atoms with van der Waals surface area (Å²) >= 11 is 0.382. The fraction of sp³-hybridized carbons (Fsp3) is 0.375. The van der Waals surface area contributed by atoms with Gasteiger partial charge in [-0.1, -0.05) is 6.07 Å². The number of hydrogen-bond donors (Lipinski definition) is 1. The van der Waals surface area contributed by atoms with Gasteiger partial charge in [0.1, 0.15) is 5.82 Å². The van der Waals surface area contributed by atoms with Gasteiger partial charge in [-0.05, 0) is 26.0 Å². The molecule has 0 amide bonds. The summed E-state index contributed by atoms with van der Waals surface area (Å²) < 4.78 is 0. The number of rotatable bonds is 2. The number of aromatic nitrogens is 1. The van der Waals surface area contributed by atoms with Crippen LogP contribution in [-0.2, 0) is 12.9 Å². The maximum atomic E-state index is 4.73. The predicted octanol–water partition coefficient (Wildman–Crippen LogP) is 3.28. The number of hydrogen-bond acceptors (Lipinski definition) is 2. The molecule has 77 valence electrons. The van der Waals surface area contributed by atoms with Crippen LogP contribution in [0.15, 0.2) is 24.4 Å². The molecule has 0 aliphatic carbocycles. The summed E-state index contributed by atoms with van der Waals surface area (Å²) in [5, 5.41) is 3.19. The summed E-state index contributed by atoms with van der Waals surface area (Å²) in [5.74, 6) is 0.942. The second kappa shape index (κ2) is 8.63.